The summed E-state index contributed by atoms with van der Waals surface area (Å²) in [6.45, 7) is 2.51. The molecule has 35 heavy (non-hydrogen) atoms. The first-order valence-electron chi connectivity index (χ1n) is 11.7. The number of aromatic carboxylic acids is 1. The molecule has 0 fully saturated rings. The minimum Gasteiger partial charge on any atom is -0.478 e. The van der Waals surface area contributed by atoms with E-state index >= 15 is 0 Å². The Kier molecular flexibility index (Phi) is 7.41. The molecule has 1 heterocycles. The van der Waals surface area contributed by atoms with E-state index in [1.165, 1.54) is 0 Å². The summed E-state index contributed by atoms with van der Waals surface area (Å²) in [5, 5.41) is 21.4. The summed E-state index contributed by atoms with van der Waals surface area (Å²) >= 11 is 0. The largest absolute Gasteiger partial charge is 0.478 e. The summed E-state index contributed by atoms with van der Waals surface area (Å²) < 4.78 is 2.01. The molecule has 0 amide bonds. The van der Waals surface area contributed by atoms with E-state index in [2.05, 4.69) is 11.9 Å². The molecule has 0 spiro atoms. The minimum absolute atomic E-state index is 0.223. The molecule has 6 nitrogen and oxygen atoms in total. The van der Waals surface area contributed by atoms with Crippen LogP contribution in [0, 0.1) is 0 Å². The number of fused-ring (bicyclic) bond motifs is 1. The number of carboxylic acid groups (broad SMARTS) is 2. The summed E-state index contributed by atoms with van der Waals surface area (Å²) in [4.78, 5) is 28.5. The lowest BCUT2D eigenvalue weighted by atomic mass is 10.0. The zero-order valence-corrected chi connectivity index (χ0v) is 19.6. The molecule has 0 saturated heterocycles. The van der Waals surface area contributed by atoms with Crippen LogP contribution in [-0.4, -0.2) is 31.7 Å². The number of nitrogens with zero attached hydrogens (tertiary/aromatic N) is 2. The van der Waals surface area contributed by atoms with Crippen LogP contribution in [0.2, 0.25) is 0 Å². The van der Waals surface area contributed by atoms with Gasteiger partial charge in [0.15, 0.2) is 0 Å². The van der Waals surface area contributed by atoms with Gasteiger partial charge in [0.25, 0.3) is 0 Å². The lowest BCUT2D eigenvalue weighted by molar-refractivity contribution is -0.132. The van der Waals surface area contributed by atoms with Crippen LogP contribution in [0.5, 0.6) is 0 Å². The molecule has 0 aliphatic heterocycles. The van der Waals surface area contributed by atoms with E-state index in [1.54, 1.807) is 24.4 Å². The zero-order chi connectivity index (χ0) is 24.8. The van der Waals surface area contributed by atoms with Crippen molar-refractivity contribution in [3.63, 3.8) is 0 Å². The number of unbranched alkanes of at least 4 members (excludes halogenated alkanes) is 1. The quantitative estimate of drug-likeness (QED) is 0.285. The molecule has 0 saturated carbocycles. The van der Waals surface area contributed by atoms with Crippen LogP contribution >= 0.6 is 0 Å². The average molecular weight is 469 g/mol. The van der Waals surface area contributed by atoms with Gasteiger partial charge in [0.2, 0.25) is 0 Å². The highest BCUT2D eigenvalue weighted by Gasteiger charge is 2.16. The number of hydrogen-bond acceptors (Lipinski definition) is 3. The fourth-order valence-corrected chi connectivity index (χ4v) is 4.26. The lowest BCUT2D eigenvalue weighted by Gasteiger charge is -2.14. The maximum absolute atomic E-state index is 12.1. The minimum atomic E-state index is -0.981. The Morgan fingerprint density at radius 2 is 1.74 bits per heavy atom. The van der Waals surface area contributed by atoms with Gasteiger partial charge in [0.1, 0.15) is 5.82 Å². The number of carboxylic acids is 2. The molecule has 3 aromatic carbocycles. The van der Waals surface area contributed by atoms with Crippen LogP contribution in [0.25, 0.3) is 16.8 Å². The summed E-state index contributed by atoms with van der Waals surface area (Å²) in [7, 11) is 0. The number of carbonyl (C=O) groups is 2. The second-order valence-corrected chi connectivity index (χ2v) is 8.59. The highest BCUT2D eigenvalue weighted by Crippen LogP contribution is 2.25. The third-order valence-corrected chi connectivity index (χ3v) is 6.08. The molecule has 4 rings (SSSR count). The van der Waals surface area contributed by atoms with Crippen molar-refractivity contribution in [1.29, 1.82) is 0 Å². The van der Waals surface area contributed by atoms with Crippen molar-refractivity contribution < 1.29 is 19.8 Å². The molecule has 0 aliphatic carbocycles. The number of benzene rings is 3. The predicted octanol–water partition coefficient (Wildman–Crippen LogP) is 5.84. The van der Waals surface area contributed by atoms with Crippen molar-refractivity contribution in [3.8, 4) is 0 Å². The van der Waals surface area contributed by atoms with Crippen molar-refractivity contribution in [2.24, 2.45) is 0 Å². The molecule has 6 heteroatoms. The van der Waals surface area contributed by atoms with E-state index in [1.807, 2.05) is 59.2 Å². The normalized spacial score (nSPS) is 11.6. The number of rotatable bonds is 10. The molecule has 178 valence electrons. The van der Waals surface area contributed by atoms with E-state index in [9.17, 15) is 19.8 Å². The van der Waals surface area contributed by atoms with Crippen LogP contribution in [0.1, 0.15) is 52.8 Å². The Labute approximate surface area is 204 Å². The van der Waals surface area contributed by atoms with Crippen LogP contribution in [0.3, 0.4) is 0 Å². The summed E-state index contributed by atoms with van der Waals surface area (Å²) in [5.74, 6) is -1.10. The van der Waals surface area contributed by atoms with Crippen molar-refractivity contribution in [3.05, 3.63) is 107 Å². The van der Waals surface area contributed by atoms with Crippen LogP contribution < -0.4 is 0 Å². The highest BCUT2D eigenvalue weighted by molar-refractivity contribution is 5.96. The fourth-order valence-electron chi connectivity index (χ4n) is 4.26. The van der Waals surface area contributed by atoms with Gasteiger partial charge in [0, 0.05) is 25.0 Å². The molecular weight excluding hydrogens is 440 g/mol. The molecule has 1 aromatic heterocycles. The first-order chi connectivity index (χ1) is 17.0. The van der Waals surface area contributed by atoms with E-state index < -0.39 is 11.9 Å². The van der Waals surface area contributed by atoms with Crippen LogP contribution in [0.15, 0.2) is 78.5 Å². The Morgan fingerprint density at radius 3 is 2.46 bits per heavy atom. The standard InChI is InChI=1S/C29H28N2O4/c1-2-3-13-27-30-18-25(17-22(28(32)33)14-20-9-5-4-6-10-20)31(27)19-24-16-23(29(34)35)15-21-11-7-8-12-26(21)24/h4-12,15-18H,2-3,13-14,19H2,1H3,(H,32,33)(H,34,35). The number of aromatic nitrogens is 2. The molecule has 4 aromatic rings. The maximum Gasteiger partial charge on any atom is 0.335 e. The smallest absolute Gasteiger partial charge is 0.335 e. The number of hydrogen-bond donors (Lipinski definition) is 2. The van der Waals surface area contributed by atoms with Crippen LogP contribution in [0.4, 0.5) is 0 Å². The number of aryl methyl sites for hydroxylation is 1. The Morgan fingerprint density at radius 1 is 1.00 bits per heavy atom. The number of aliphatic carboxylic acids is 1. The first kappa shape index (κ1) is 24.0. The fraction of sp³-hybridized carbons (Fsp3) is 0.207. The molecule has 0 aliphatic rings. The molecule has 0 bridgehead atoms. The van der Waals surface area contributed by atoms with Gasteiger partial charge in [-0.1, -0.05) is 67.9 Å². The van der Waals surface area contributed by atoms with E-state index in [4.69, 9.17) is 0 Å². The highest BCUT2D eigenvalue weighted by atomic mass is 16.4. The van der Waals surface area contributed by atoms with E-state index in [-0.39, 0.29) is 11.1 Å². The molecule has 2 N–H and O–H groups in total. The van der Waals surface area contributed by atoms with Gasteiger partial charge in [-0.05, 0) is 46.5 Å². The van der Waals surface area contributed by atoms with Gasteiger partial charge in [-0.2, -0.15) is 0 Å². The SMILES string of the molecule is CCCCc1ncc(C=C(Cc2ccccc2)C(=O)O)n1Cc1cc(C(=O)O)cc2ccccc12. The predicted molar refractivity (Wildman–Crippen MR) is 137 cm³/mol. The third-order valence-electron chi connectivity index (χ3n) is 6.08. The van der Waals surface area contributed by atoms with Gasteiger partial charge in [-0.3, -0.25) is 0 Å². The Hall–Kier alpha value is -4.19. The molecule has 0 unspecified atom stereocenters. The van der Waals surface area contributed by atoms with Gasteiger partial charge >= 0.3 is 11.9 Å². The van der Waals surface area contributed by atoms with Crippen molar-refractivity contribution >= 4 is 28.8 Å². The zero-order valence-electron chi connectivity index (χ0n) is 19.6. The van der Waals surface area contributed by atoms with Gasteiger partial charge in [-0.15, -0.1) is 0 Å². The van der Waals surface area contributed by atoms with Crippen LogP contribution in [-0.2, 0) is 24.2 Å². The Balaban J connectivity index is 1.80. The Bertz CT molecular complexity index is 1390. The van der Waals surface area contributed by atoms with E-state index in [0.717, 1.165) is 47.0 Å². The second kappa shape index (κ2) is 10.8. The average Bonchev–Trinajstić information content (AvgIpc) is 3.23. The third kappa shape index (κ3) is 5.66. The molecular formula is C29H28N2O4. The maximum atomic E-state index is 12.1. The second-order valence-electron chi connectivity index (χ2n) is 8.59. The lowest BCUT2D eigenvalue weighted by Crippen LogP contribution is -2.10. The number of imidazole rings is 1. The van der Waals surface area contributed by atoms with Gasteiger partial charge in [-0.25, -0.2) is 14.6 Å². The summed E-state index contributed by atoms with van der Waals surface area (Å²) in [6.07, 6.45) is 6.39. The van der Waals surface area contributed by atoms with Crippen molar-refractivity contribution in [2.75, 3.05) is 0 Å². The topological polar surface area (TPSA) is 92.4 Å². The van der Waals surface area contributed by atoms with Gasteiger partial charge < -0.3 is 14.8 Å². The monoisotopic (exact) mass is 468 g/mol. The van der Waals surface area contributed by atoms with E-state index in [0.29, 0.717) is 18.7 Å². The summed E-state index contributed by atoms with van der Waals surface area (Å²) in [5.41, 5.74) is 2.95. The van der Waals surface area contributed by atoms with Crippen molar-refractivity contribution in [2.45, 2.75) is 39.2 Å². The van der Waals surface area contributed by atoms with Crippen molar-refractivity contribution in [1.82, 2.24) is 9.55 Å². The molecule has 0 atom stereocenters. The summed E-state index contributed by atoms with van der Waals surface area (Å²) in [6, 6.07) is 20.6. The van der Waals surface area contributed by atoms with Gasteiger partial charge in [0.05, 0.1) is 17.5 Å². The molecule has 0 radical (unpaired) electrons. The first-order valence-corrected chi connectivity index (χ1v) is 11.7.